The van der Waals surface area contributed by atoms with Crippen LogP contribution < -0.4 is 0 Å². The van der Waals surface area contributed by atoms with E-state index in [1.807, 2.05) is 0 Å². The first-order valence-corrected chi connectivity index (χ1v) is 7.12. The predicted octanol–water partition coefficient (Wildman–Crippen LogP) is 5.62. The van der Waals surface area contributed by atoms with Crippen LogP contribution in [0, 0.1) is 6.92 Å². The maximum absolute atomic E-state index is 6.55. The van der Waals surface area contributed by atoms with Crippen LogP contribution in [-0.2, 0) is 5.41 Å². The minimum absolute atomic E-state index is 0.0744. The zero-order chi connectivity index (χ0) is 14.0. The molecule has 0 saturated heterocycles. The normalized spacial score (nSPS) is 13.3. The molecule has 0 fully saturated rings. The van der Waals surface area contributed by atoms with Crippen LogP contribution in [0.1, 0.15) is 48.4 Å². The van der Waals surface area contributed by atoms with Gasteiger partial charge in [-0.2, -0.15) is 0 Å². The molecule has 1 unspecified atom stereocenters. The maximum atomic E-state index is 6.55. The van der Waals surface area contributed by atoms with Crippen molar-refractivity contribution >= 4 is 11.6 Å². The minimum Gasteiger partial charge on any atom is -0.113 e. The molecule has 0 aliphatic heterocycles. The molecule has 2 rings (SSSR count). The molecule has 0 radical (unpaired) electrons. The number of benzene rings is 2. The fourth-order valence-corrected chi connectivity index (χ4v) is 2.37. The van der Waals surface area contributed by atoms with Crippen molar-refractivity contribution in [3.05, 3.63) is 70.8 Å². The maximum Gasteiger partial charge on any atom is 0.0835 e. The summed E-state index contributed by atoms with van der Waals surface area (Å²) in [5.41, 5.74) is 5.08. The fraction of sp³-hybridized carbons (Fsp3) is 0.333. The highest BCUT2D eigenvalue weighted by molar-refractivity contribution is 6.22. The fourth-order valence-electron chi connectivity index (χ4n) is 2.08. The first-order valence-electron chi connectivity index (χ1n) is 6.69. The van der Waals surface area contributed by atoms with E-state index >= 15 is 0 Å². The van der Waals surface area contributed by atoms with Gasteiger partial charge in [0.2, 0.25) is 0 Å². The van der Waals surface area contributed by atoms with E-state index in [9.17, 15) is 0 Å². The van der Waals surface area contributed by atoms with Crippen LogP contribution in [0.25, 0.3) is 0 Å². The van der Waals surface area contributed by atoms with E-state index in [0.29, 0.717) is 0 Å². The van der Waals surface area contributed by atoms with Gasteiger partial charge < -0.3 is 0 Å². The Balaban J connectivity index is 2.25. The molecule has 0 bridgehead atoms. The lowest BCUT2D eigenvalue weighted by Gasteiger charge is -2.20. The van der Waals surface area contributed by atoms with E-state index < -0.39 is 0 Å². The standard InChI is InChI=1S/C18H21Cl/c1-13-5-7-14(8-6-13)17(19)15-9-11-16(12-10-15)18(2,3)4/h5-12,17H,1-4H3. The third kappa shape index (κ3) is 3.39. The third-order valence-corrected chi connectivity index (χ3v) is 3.94. The van der Waals surface area contributed by atoms with E-state index in [1.54, 1.807) is 0 Å². The summed E-state index contributed by atoms with van der Waals surface area (Å²) in [6.45, 7) is 8.76. The molecule has 1 atom stereocenters. The average molecular weight is 273 g/mol. The second-order valence-corrected chi connectivity index (χ2v) is 6.58. The van der Waals surface area contributed by atoms with Crippen LogP contribution in [0.2, 0.25) is 0 Å². The Kier molecular flexibility index (Phi) is 4.01. The third-order valence-electron chi connectivity index (χ3n) is 3.44. The molecule has 0 aliphatic carbocycles. The molecule has 0 aliphatic rings. The molecule has 0 saturated carbocycles. The lowest BCUT2D eigenvalue weighted by atomic mass is 9.86. The van der Waals surface area contributed by atoms with Gasteiger partial charge in [0.1, 0.15) is 0 Å². The summed E-state index contributed by atoms with van der Waals surface area (Å²) in [5, 5.41) is -0.0744. The van der Waals surface area contributed by atoms with E-state index in [1.165, 1.54) is 11.1 Å². The zero-order valence-electron chi connectivity index (χ0n) is 12.1. The lowest BCUT2D eigenvalue weighted by molar-refractivity contribution is 0.590. The molecular weight excluding hydrogens is 252 g/mol. The molecule has 19 heavy (non-hydrogen) atoms. The van der Waals surface area contributed by atoms with Crippen molar-refractivity contribution in [3.8, 4) is 0 Å². The Hall–Kier alpha value is -1.27. The van der Waals surface area contributed by atoms with E-state index in [2.05, 4.69) is 76.2 Å². The van der Waals surface area contributed by atoms with Crippen molar-refractivity contribution in [2.75, 3.05) is 0 Å². The van der Waals surface area contributed by atoms with Crippen LogP contribution in [-0.4, -0.2) is 0 Å². The van der Waals surface area contributed by atoms with Crippen molar-refractivity contribution in [1.82, 2.24) is 0 Å². The first-order chi connectivity index (χ1) is 8.88. The van der Waals surface area contributed by atoms with Gasteiger partial charge in [-0.3, -0.25) is 0 Å². The molecule has 0 nitrogen and oxygen atoms in total. The van der Waals surface area contributed by atoms with Gasteiger partial charge in [-0.05, 0) is 29.0 Å². The highest BCUT2D eigenvalue weighted by Gasteiger charge is 2.15. The van der Waals surface area contributed by atoms with Gasteiger partial charge in [-0.25, -0.2) is 0 Å². The predicted molar refractivity (Wildman–Crippen MR) is 84.0 cm³/mol. The zero-order valence-corrected chi connectivity index (χ0v) is 12.8. The summed E-state index contributed by atoms with van der Waals surface area (Å²) in [6.07, 6.45) is 0. The van der Waals surface area contributed by atoms with Gasteiger partial charge in [0.25, 0.3) is 0 Å². The summed E-state index contributed by atoms with van der Waals surface area (Å²) < 4.78 is 0. The van der Waals surface area contributed by atoms with Crippen LogP contribution >= 0.6 is 11.6 Å². The van der Waals surface area contributed by atoms with Gasteiger partial charge in [0.15, 0.2) is 0 Å². The van der Waals surface area contributed by atoms with Crippen LogP contribution in [0.3, 0.4) is 0 Å². The molecule has 100 valence electrons. The van der Waals surface area contributed by atoms with Crippen molar-refractivity contribution in [2.45, 2.75) is 38.5 Å². The summed E-state index contributed by atoms with van der Waals surface area (Å²) in [4.78, 5) is 0. The van der Waals surface area contributed by atoms with E-state index in [0.717, 1.165) is 11.1 Å². The van der Waals surface area contributed by atoms with Crippen molar-refractivity contribution in [1.29, 1.82) is 0 Å². The minimum atomic E-state index is -0.0744. The molecule has 0 amide bonds. The van der Waals surface area contributed by atoms with Crippen LogP contribution in [0.15, 0.2) is 48.5 Å². The molecule has 0 N–H and O–H groups in total. The van der Waals surface area contributed by atoms with Gasteiger partial charge >= 0.3 is 0 Å². The van der Waals surface area contributed by atoms with Gasteiger partial charge in [-0.1, -0.05) is 74.9 Å². The molecule has 0 spiro atoms. The van der Waals surface area contributed by atoms with E-state index in [-0.39, 0.29) is 10.8 Å². The van der Waals surface area contributed by atoms with Gasteiger partial charge in [0.05, 0.1) is 5.38 Å². The number of rotatable bonds is 2. The summed E-state index contributed by atoms with van der Waals surface area (Å²) in [7, 11) is 0. The number of halogens is 1. The van der Waals surface area contributed by atoms with Crippen molar-refractivity contribution in [3.63, 3.8) is 0 Å². The number of aryl methyl sites for hydroxylation is 1. The number of hydrogen-bond acceptors (Lipinski definition) is 0. The summed E-state index contributed by atoms with van der Waals surface area (Å²) in [6, 6.07) is 17.0. The Morgan fingerprint density at radius 2 is 1.21 bits per heavy atom. The smallest absolute Gasteiger partial charge is 0.0835 e. The highest BCUT2D eigenvalue weighted by Crippen LogP contribution is 2.30. The molecular formula is C18H21Cl. The van der Waals surface area contributed by atoms with E-state index in [4.69, 9.17) is 11.6 Å². The van der Waals surface area contributed by atoms with Crippen molar-refractivity contribution < 1.29 is 0 Å². The van der Waals surface area contributed by atoms with Crippen molar-refractivity contribution in [2.24, 2.45) is 0 Å². The molecule has 2 aromatic rings. The summed E-state index contributed by atoms with van der Waals surface area (Å²) in [5.74, 6) is 0. The largest absolute Gasteiger partial charge is 0.113 e. The Morgan fingerprint density at radius 3 is 1.63 bits per heavy atom. The number of hydrogen-bond donors (Lipinski definition) is 0. The molecule has 0 heterocycles. The molecule has 0 aromatic heterocycles. The van der Waals surface area contributed by atoms with Gasteiger partial charge in [0, 0.05) is 0 Å². The second kappa shape index (κ2) is 5.38. The van der Waals surface area contributed by atoms with Crippen LogP contribution in [0.5, 0.6) is 0 Å². The first kappa shape index (κ1) is 14.1. The monoisotopic (exact) mass is 272 g/mol. The van der Waals surface area contributed by atoms with Crippen LogP contribution in [0.4, 0.5) is 0 Å². The quantitative estimate of drug-likeness (QED) is 0.623. The summed E-state index contributed by atoms with van der Waals surface area (Å²) >= 11 is 6.55. The highest BCUT2D eigenvalue weighted by atomic mass is 35.5. The lowest BCUT2D eigenvalue weighted by Crippen LogP contribution is -2.10. The Morgan fingerprint density at radius 1 is 0.789 bits per heavy atom. The second-order valence-electron chi connectivity index (χ2n) is 6.15. The topological polar surface area (TPSA) is 0 Å². The number of alkyl halides is 1. The Labute approximate surface area is 121 Å². The molecule has 1 heteroatoms. The Bertz CT molecular complexity index is 529. The molecule has 2 aromatic carbocycles. The SMILES string of the molecule is Cc1ccc(C(Cl)c2ccc(C(C)(C)C)cc2)cc1. The average Bonchev–Trinajstić information content (AvgIpc) is 2.38. The van der Waals surface area contributed by atoms with Gasteiger partial charge in [-0.15, -0.1) is 11.6 Å².